The second-order valence-corrected chi connectivity index (χ2v) is 1.50. The summed E-state index contributed by atoms with van der Waals surface area (Å²) in [6, 6.07) is 0. The van der Waals surface area contributed by atoms with Crippen LogP contribution in [0.3, 0.4) is 0 Å². The third-order valence-corrected chi connectivity index (χ3v) is 0.615. The van der Waals surface area contributed by atoms with Gasteiger partial charge in [-0.05, 0) is 0 Å². The number of rotatable bonds is 2. The third kappa shape index (κ3) is 3.97. The summed E-state index contributed by atoms with van der Waals surface area (Å²) < 4.78 is 0. The topological polar surface area (TPSA) is 0 Å². The predicted octanol–water partition coefficient (Wildman–Crippen LogP) is 1.36. The standard InChI is InChI=1S/2C2H3.Ni/c2*1-2;/h2*1H,2H2;. The van der Waals surface area contributed by atoms with E-state index in [1.54, 1.807) is 10.1 Å². The van der Waals surface area contributed by atoms with Crippen LogP contribution < -0.4 is 0 Å². The van der Waals surface area contributed by atoms with Gasteiger partial charge in [-0.15, -0.1) is 0 Å². The number of hydrogen-bond donors (Lipinski definition) is 0. The molecule has 0 atom stereocenters. The van der Waals surface area contributed by atoms with Gasteiger partial charge in [0.2, 0.25) is 0 Å². The molecule has 0 saturated carbocycles. The Morgan fingerprint density at radius 1 is 1.20 bits per heavy atom. The van der Waals surface area contributed by atoms with Crippen molar-refractivity contribution in [3.05, 3.63) is 23.2 Å². The molecule has 0 rings (SSSR count). The normalized spacial score (nSPS) is 7.20. The molecule has 0 aromatic rings. The van der Waals surface area contributed by atoms with Crippen LogP contribution in [0.2, 0.25) is 0 Å². The van der Waals surface area contributed by atoms with E-state index in [0.717, 1.165) is 0 Å². The fourth-order valence-corrected chi connectivity index (χ4v) is 0.217. The Balaban J connectivity index is 2.65. The van der Waals surface area contributed by atoms with Gasteiger partial charge in [0.1, 0.15) is 0 Å². The van der Waals surface area contributed by atoms with Crippen LogP contribution in [0.5, 0.6) is 0 Å². The van der Waals surface area contributed by atoms with E-state index < -0.39 is 0 Å². The number of hydrogen-bond acceptors (Lipinski definition) is 0. The van der Waals surface area contributed by atoms with Gasteiger partial charge < -0.3 is 0 Å². The van der Waals surface area contributed by atoms with Crippen LogP contribution in [-0.2, 0) is 14.4 Å². The van der Waals surface area contributed by atoms with Crippen LogP contribution in [0.25, 0.3) is 0 Å². The molecule has 0 aliphatic rings. The van der Waals surface area contributed by atoms with Crippen LogP contribution in [-0.4, -0.2) is 0 Å². The van der Waals surface area contributed by atoms with Crippen molar-refractivity contribution in [3.63, 3.8) is 0 Å². The van der Waals surface area contributed by atoms with E-state index >= 15 is 0 Å². The molecule has 0 bridgehead atoms. The van der Waals surface area contributed by atoms with Gasteiger partial charge in [0, 0.05) is 0 Å². The van der Waals surface area contributed by atoms with Gasteiger partial charge in [-0.3, -0.25) is 0 Å². The Morgan fingerprint density at radius 2 is 1.60 bits per heavy atom. The van der Waals surface area contributed by atoms with E-state index in [-0.39, 0.29) is 0 Å². The zero-order chi connectivity index (χ0) is 4.12. The van der Waals surface area contributed by atoms with E-state index in [2.05, 4.69) is 13.2 Å². The summed E-state index contributed by atoms with van der Waals surface area (Å²) in [5.74, 6) is 0. The van der Waals surface area contributed by atoms with Crippen LogP contribution >= 0.6 is 0 Å². The fraction of sp³-hybridized carbons (Fsp3) is 0. The second kappa shape index (κ2) is 3.97. The molecule has 1 heteroatoms. The molecule has 0 radical (unpaired) electrons. The monoisotopic (exact) mass is 112 g/mol. The Labute approximate surface area is 38.4 Å². The molecule has 0 aromatic carbocycles. The van der Waals surface area contributed by atoms with Gasteiger partial charge >= 0.3 is 37.7 Å². The first-order chi connectivity index (χ1) is 2.41. The summed E-state index contributed by atoms with van der Waals surface area (Å²) in [6.45, 7) is 6.90. The maximum absolute atomic E-state index is 3.45. The van der Waals surface area contributed by atoms with Crippen LogP contribution in [0.4, 0.5) is 0 Å². The predicted molar refractivity (Wildman–Crippen MR) is 20.4 cm³/mol. The van der Waals surface area contributed by atoms with Gasteiger partial charge in [0.05, 0.1) is 0 Å². The van der Waals surface area contributed by atoms with E-state index in [1.165, 1.54) is 14.4 Å². The molecule has 32 valence electrons. The van der Waals surface area contributed by atoms with Gasteiger partial charge in [0.25, 0.3) is 0 Å². The van der Waals surface area contributed by atoms with E-state index in [9.17, 15) is 0 Å². The molecule has 0 aliphatic heterocycles. The molecular formula is C4H6Ni. The van der Waals surface area contributed by atoms with E-state index in [1.807, 2.05) is 0 Å². The summed E-state index contributed by atoms with van der Waals surface area (Å²) in [7, 11) is 0. The first-order valence-electron chi connectivity index (χ1n) is 1.18. The summed E-state index contributed by atoms with van der Waals surface area (Å²) >= 11 is 1.35. The quantitative estimate of drug-likeness (QED) is 0.474. The van der Waals surface area contributed by atoms with Crippen LogP contribution in [0.15, 0.2) is 23.2 Å². The zero-order valence-electron chi connectivity index (χ0n) is 2.89. The Bertz CT molecular complexity index is 32.9. The van der Waals surface area contributed by atoms with Crippen molar-refractivity contribution in [1.29, 1.82) is 0 Å². The molecule has 0 nitrogen and oxygen atoms in total. The fourth-order valence-electron chi connectivity index (χ4n) is 0.0527. The van der Waals surface area contributed by atoms with Gasteiger partial charge in [-0.2, -0.15) is 0 Å². The summed E-state index contributed by atoms with van der Waals surface area (Å²) in [6.07, 6.45) is 0. The molecule has 0 saturated heterocycles. The summed E-state index contributed by atoms with van der Waals surface area (Å²) in [5.41, 5.74) is 0. The van der Waals surface area contributed by atoms with E-state index in [4.69, 9.17) is 0 Å². The molecule has 0 amide bonds. The Hall–Kier alpha value is -0.0265. The van der Waals surface area contributed by atoms with Crippen molar-refractivity contribution in [3.8, 4) is 0 Å². The molecule has 0 spiro atoms. The maximum atomic E-state index is 3.45. The van der Waals surface area contributed by atoms with Crippen molar-refractivity contribution in [2.75, 3.05) is 0 Å². The third-order valence-electron chi connectivity index (χ3n) is 0.149. The summed E-state index contributed by atoms with van der Waals surface area (Å²) in [4.78, 5) is 0. The van der Waals surface area contributed by atoms with Crippen molar-refractivity contribution >= 4 is 0 Å². The first-order valence-corrected chi connectivity index (χ1v) is 2.32. The molecule has 0 N–H and O–H groups in total. The average molecular weight is 113 g/mol. The Kier molecular flexibility index (Phi) is 3.95. The first kappa shape index (κ1) is 4.97. The minimum atomic E-state index is 1.35. The van der Waals surface area contributed by atoms with Crippen molar-refractivity contribution in [1.82, 2.24) is 0 Å². The van der Waals surface area contributed by atoms with Gasteiger partial charge in [-0.25, -0.2) is 0 Å². The molecule has 0 unspecified atom stereocenters. The van der Waals surface area contributed by atoms with Crippen molar-refractivity contribution < 1.29 is 14.4 Å². The molecule has 0 heterocycles. The molecule has 0 fully saturated rings. The second-order valence-electron chi connectivity index (χ2n) is 0.364. The molecule has 0 aromatic heterocycles. The molecule has 5 heavy (non-hydrogen) atoms. The van der Waals surface area contributed by atoms with E-state index in [0.29, 0.717) is 0 Å². The molecule has 0 aliphatic carbocycles. The minimum absolute atomic E-state index is 1.35. The molecular weight excluding hydrogens is 107 g/mol. The summed E-state index contributed by atoms with van der Waals surface area (Å²) in [5, 5.41) is 3.50. The van der Waals surface area contributed by atoms with Gasteiger partial charge in [0.15, 0.2) is 0 Å². The zero-order valence-corrected chi connectivity index (χ0v) is 3.87. The van der Waals surface area contributed by atoms with Crippen molar-refractivity contribution in [2.24, 2.45) is 0 Å². The van der Waals surface area contributed by atoms with Crippen LogP contribution in [0, 0.1) is 0 Å². The van der Waals surface area contributed by atoms with Gasteiger partial charge in [-0.1, -0.05) is 0 Å². The average Bonchev–Trinajstić information content (AvgIpc) is 1.41. The SMILES string of the molecule is C=[CH][Ni][CH]=C. The van der Waals surface area contributed by atoms with Crippen molar-refractivity contribution in [2.45, 2.75) is 0 Å². The van der Waals surface area contributed by atoms with Crippen LogP contribution in [0.1, 0.15) is 0 Å². The Morgan fingerprint density at radius 3 is 1.60 bits per heavy atom.